The molecule has 0 radical (unpaired) electrons. The molecule has 0 aliphatic rings. The van der Waals surface area contributed by atoms with E-state index in [4.69, 9.17) is 0 Å². The van der Waals surface area contributed by atoms with Crippen molar-refractivity contribution in [3.05, 3.63) is 40.4 Å². The van der Waals surface area contributed by atoms with Gasteiger partial charge in [0.05, 0.1) is 16.4 Å². The number of rotatable bonds is 1. The van der Waals surface area contributed by atoms with Crippen LogP contribution >= 0.6 is 11.3 Å². The van der Waals surface area contributed by atoms with Gasteiger partial charge in [0, 0.05) is 0 Å². The Bertz CT molecular complexity index is 754. The van der Waals surface area contributed by atoms with E-state index >= 15 is 0 Å². The maximum atomic E-state index is 11.5. The average molecular weight is 247 g/mol. The Balaban J connectivity index is 2.29. The van der Waals surface area contributed by atoms with Crippen LogP contribution in [-0.4, -0.2) is 19.6 Å². The topological polar surface area (TPSA) is 70.9 Å². The van der Waals surface area contributed by atoms with Crippen molar-refractivity contribution in [1.82, 2.24) is 14.5 Å². The van der Waals surface area contributed by atoms with Gasteiger partial charge in [-0.2, -0.15) is 0 Å². The van der Waals surface area contributed by atoms with Crippen LogP contribution in [0, 0.1) is 6.92 Å². The molecule has 86 valence electrons. The second-order valence-corrected chi connectivity index (χ2v) is 4.76. The fourth-order valence-corrected chi connectivity index (χ4v) is 2.73. The number of aromatic amines is 1. The van der Waals surface area contributed by atoms with Gasteiger partial charge in [-0.1, -0.05) is 17.4 Å². The second-order valence-electron chi connectivity index (χ2n) is 3.76. The summed E-state index contributed by atoms with van der Waals surface area (Å²) >= 11 is 1.37. The van der Waals surface area contributed by atoms with Crippen molar-refractivity contribution in [3.8, 4) is 11.0 Å². The SMILES string of the molecule is Cc1ccc2nc(-n3c(O)c[nH]c3=O)sc2c1. The maximum Gasteiger partial charge on any atom is 0.334 e. The monoisotopic (exact) mass is 247 g/mol. The Kier molecular flexibility index (Phi) is 2.05. The molecule has 0 unspecified atom stereocenters. The third-order valence-electron chi connectivity index (χ3n) is 2.48. The molecule has 0 atom stereocenters. The highest BCUT2D eigenvalue weighted by atomic mass is 32.1. The van der Waals surface area contributed by atoms with Crippen molar-refractivity contribution in [2.24, 2.45) is 0 Å². The smallest absolute Gasteiger partial charge is 0.334 e. The molecule has 0 saturated carbocycles. The first-order valence-corrected chi connectivity index (χ1v) is 5.84. The summed E-state index contributed by atoms with van der Waals surface area (Å²) < 4.78 is 2.15. The van der Waals surface area contributed by atoms with Gasteiger partial charge in [-0.15, -0.1) is 0 Å². The summed E-state index contributed by atoms with van der Waals surface area (Å²) in [6.07, 6.45) is 1.25. The van der Waals surface area contributed by atoms with E-state index in [1.165, 1.54) is 17.5 Å². The molecule has 0 aliphatic carbocycles. The van der Waals surface area contributed by atoms with Crippen LogP contribution in [0.25, 0.3) is 15.3 Å². The highest BCUT2D eigenvalue weighted by Gasteiger charge is 2.12. The predicted molar refractivity (Wildman–Crippen MR) is 66.0 cm³/mol. The van der Waals surface area contributed by atoms with Crippen molar-refractivity contribution in [2.45, 2.75) is 6.92 Å². The third kappa shape index (κ3) is 1.53. The van der Waals surface area contributed by atoms with Gasteiger partial charge in [0.25, 0.3) is 0 Å². The first-order valence-electron chi connectivity index (χ1n) is 5.02. The van der Waals surface area contributed by atoms with E-state index in [0.717, 1.165) is 20.3 Å². The zero-order valence-corrected chi connectivity index (χ0v) is 9.78. The van der Waals surface area contributed by atoms with Crippen LogP contribution in [0.1, 0.15) is 5.56 Å². The zero-order valence-electron chi connectivity index (χ0n) is 8.97. The molecule has 0 aliphatic heterocycles. The van der Waals surface area contributed by atoms with Crippen LogP contribution in [0.4, 0.5) is 0 Å². The molecule has 1 aromatic carbocycles. The minimum Gasteiger partial charge on any atom is -0.493 e. The van der Waals surface area contributed by atoms with Crippen molar-refractivity contribution >= 4 is 21.6 Å². The molecular weight excluding hydrogens is 238 g/mol. The van der Waals surface area contributed by atoms with Crippen molar-refractivity contribution in [3.63, 3.8) is 0 Å². The zero-order chi connectivity index (χ0) is 12.0. The van der Waals surface area contributed by atoms with E-state index in [1.807, 2.05) is 25.1 Å². The van der Waals surface area contributed by atoms with Crippen molar-refractivity contribution in [2.75, 3.05) is 0 Å². The fraction of sp³-hybridized carbons (Fsp3) is 0.0909. The summed E-state index contributed by atoms with van der Waals surface area (Å²) in [6.45, 7) is 2.00. The van der Waals surface area contributed by atoms with E-state index in [9.17, 15) is 9.90 Å². The molecule has 2 N–H and O–H groups in total. The summed E-state index contributed by atoms with van der Waals surface area (Å²) in [7, 11) is 0. The van der Waals surface area contributed by atoms with Gasteiger partial charge < -0.3 is 10.1 Å². The van der Waals surface area contributed by atoms with Crippen LogP contribution in [0.2, 0.25) is 0 Å². The van der Waals surface area contributed by atoms with Crippen LogP contribution < -0.4 is 5.69 Å². The molecule has 0 fully saturated rings. The molecule has 3 rings (SSSR count). The Morgan fingerprint density at radius 1 is 1.47 bits per heavy atom. The number of nitrogens with one attached hydrogen (secondary N) is 1. The standard InChI is InChI=1S/C11H9N3O2S/c1-6-2-3-7-8(4-6)17-11(13-7)14-9(15)5-12-10(14)16/h2-5,15H,1H3,(H,12,16). The lowest BCUT2D eigenvalue weighted by Crippen LogP contribution is -2.13. The number of imidazole rings is 1. The van der Waals surface area contributed by atoms with E-state index < -0.39 is 5.69 Å². The lowest BCUT2D eigenvalue weighted by Gasteiger charge is -1.94. The molecular formula is C11H9N3O2S. The first kappa shape index (κ1) is 10.1. The fourth-order valence-electron chi connectivity index (χ4n) is 1.66. The molecule has 0 amide bonds. The number of hydrogen-bond donors (Lipinski definition) is 2. The summed E-state index contributed by atoms with van der Waals surface area (Å²) in [6, 6.07) is 5.87. The number of aryl methyl sites for hydroxylation is 1. The molecule has 0 saturated heterocycles. The van der Waals surface area contributed by atoms with E-state index in [2.05, 4.69) is 9.97 Å². The summed E-state index contributed by atoms with van der Waals surface area (Å²) in [5, 5.41) is 10.0. The summed E-state index contributed by atoms with van der Waals surface area (Å²) in [5.74, 6) is -0.134. The van der Waals surface area contributed by atoms with Gasteiger partial charge >= 0.3 is 5.69 Å². The first-order chi connectivity index (χ1) is 8.15. The summed E-state index contributed by atoms with van der Waals surface area (Å²) in [5.41, 5.74) is 1.57. The van der Waals surface area contributed by atoms with Crippen LogP contribution in [0.3, 0.4) is 0 Å². The molecule has 0 spiro atoms. The highest BCUT2D eigenvalue weighted by molar-refractivity contribution is 7.20. The minimum absolute atomic E-state index is 0.134. The summed E-state index contributed by atoms with van der Waals surface area (Å²) in [4.78, 5) is 18.2. The van der Waals surface area contributed by atoms with E-state index in [-0.39, 0.29) is 5.88 Å². The third-order valence-corrected chi connectivity index (χ3v) is 3.48. The van der Waals surface area contributed by atoms with E-state index in [0.29, 0.717) is 5.13 Å². The molecule has 17 heavy (non-hydrogen) atoms. The largest absolute Gasteiger partial charge is 0.493 e. The number of thiazole rings is 1. The second kappa shape index (κ2) is 3.46. The Morgan fingerprint density at radius 2 is 2.29 bits per heavy atom. The van der Waals surface area contributed by atoms with Gasteiger partial charge in [-0.05, 0) is 24.6 Å². The molecule has 0 bridgehead atoms. The number of hydrogen-bond acceptors (Lipinski definition) is 4. The Hall–Kier alpha value is -2.08. The number of H-pyrrole nitrogens is 1. The van der Waals surface area contributed by atoms with Crippen LogP contribution in [0.5, 0.6) is 5.88 Å². The predicted octanol–water partition coefficient (Wildman–Crippen LogP) is 1.79. The normalized spacial score (nSPS) is 11.1. The van der Waals surface area contributed by atoms with Gasteiger partial charge in [0.2, 0.25) is 11.0 Å². The molecule has 2 aromatic heterocycles. The maximum absolute atomic E-state index is 11.5. The average Bonchev–Trinajstić information content (AvgIpc) is 2.81. The molecule has 5 nitrogen and oxygen atoms in total. The minimum atomic E-state index is -0.390. The number of aromatic nitrogens is 3. The van der Waals surface area contributed by atoms with Gasteiger partial charge in [0.1, 0.15) is 0 Å². The van der Waals surface area contributed by atoms with Gasteiger partial charge in [-0.25, -0.2) is 14.3 Å². The Labute approximate surface area is 100.0 Å². The lowest BCUT2D eigenvalue weighted by atomic mass is 10.2. The number of aromatic hydroxyl groups is 1. The van der Waals surface area contributed by atoms with Crippen molar-refractivity contribution in [1.29, 1.82) is 0 Å². The van der Waals surface area contributed by atoms with Crippen LogP contribution in [0.15, 0.2) is 29.2 Å². The number of fused-ring (bicyclic) bond motifs is 1. The van der Waals surface area contributed by atoms with Crippen LogP contribution in [-0.2, 0) is 0 Å². The van der Waals surface area contributed by atoms with Crippen molar-refractivity contribution < 1.29 is 5.11 Å². The number of nitrogens with zero attached hydrogens (tertiary/aromatic N) is 2. The van der Waals surface area contributed by atoms with E-state index in [1.54, 1.807) is 0 Å². The molecule has 3 aromatic rings. The molecule has 6 heteroatoms. The lowest BCUT2D eigenvalue weighted by molar-refractivity contribution is 0.441. The van der Waals surface area contributed by atoms with Gasteiger partial charge in [0.15, 0.2) is 0 Å². The number of benzene rings is 1. The quantitative estimate of drug-likeness (QED) is 0.688. The Morgan fingerprint density at radius 3 is 3.00 bits per heavy atom. The highest BCUT2D eigenvalue weighted by Crippen LogP contribution is 2.26. The van der Waals surface area contributed by atoms with Gasteiger partial charge in [-0.3, -0.25) is 0 Å². The molecule has 2 heterocycles.